The Kier molecular flexibility index (Phi) is 11.4. The fourth-order valence-corrected chi connectivity index (χ4v) is 5.02. The number of benzene rings is 1. The highest BCUT2D eigenvalue weighted by molar-refractivity contribution is 7.90. The maximum Gasteiger partial charge on any atom is 0.216 e. The van der Waals surface area contributed by atoms with Crippen molar-refractivity contribution in [1.29, 1.82) is 0 Å². The molecule has 7 nitrogen and oxygen atoms in total. The minimum atomic E-state index is -3.26. The Balaban J connectivity index is 1.59. The van der Waals surface area contributed by atoms with Gasteiger partial charge in [-0.15, -0.1) is 0 Å². The minimum absolute atomic E-state index is 0.0825. The summed E-state index contributed by atoms with van der Waals surface area (Å²) in [4.78, 5) is 0. The van der Waals surface area contributed by atoms with Crippen LogP contribution in [-0.2, 0) is 16.6 Å². The second-order valence-electron chi connectivity index (χ2n) is 9.86. The van der Waals surface area contributed by atoms with Crippen LogP contribution in [0.2, 0.25) is 0 Å². The molecule has 0 aromatic heterocycles. The Morgan fingerprint density at radius 2 is 1.48 bits per heavy atom. The molecule has 2 rings (SSSR count). The summed E-state index contributed by atoms with van der Waals surface area (Å²) in [6.45, 7) is 14.2. The lowest BCUT2D eigenvalue weighted by molar-refractivity contribution is 0.301. The standard InChI is InChI=1S/C25H45N3O4S/c1-6-31-23-15-21(16-24(17-23)32-7-2)19-27-14-8-13-26-18-20-9-11-22(12-10-20)28-33(29,30)25(3,4)5/h15-17,20,22,26-28H,6-14,18-19H2,1-5H3. The van der Waals surface area contributed by atoms with E-state index in [0.29, 0.717) is 19.1 Å². The molecule has 1 aromatic carbocycles. The molecule has 0 atom stereocenters. The van der Waals surface area contributed by atoms with Gasteiger partial charge in [-0.05, 0) is 110 Å². The van der Waals surface area contributed by atoms with Crippen LogP contribution in [-0.4, -0.2) is 52.1 Å². The van der Waals surface area contributed by atoms with Crippen molar-refractivity contribution in [3.05, 3.63) is 23.8 Å². The predicted octanol–water partition coefficient (Wildman–Crippen LogP) is 3.83. The Morgan fingerprint density at radius 3 is 2.03 bits per heavy atom. The van der Waals surface area contributed by atoms with Gasteiger partial charge in [0.05, 0.1) is 18.0 Å². The molecule has 3 N–H and O–H groups in total. The maximum atomic E-state index is 12.3. The molecule has 190 valence electrons. The summed E-state index contributed by atoms with van der Waals surface area (Å²) in [7, 11) is -3.26. The minimum Gasteiger partial charge on any atom is -0.494 e. The molecule has 0 bridgehead atoms. The zero-order valence-corrected chi connectivity index (χ0v) is 22.0. The summed E-state index contributed by atoms with van der Waals surface area (Å²) in [5.41, 5.74) is 1.16. The molecule has 0 unspecified atom stereocenters. The van der Waals surface area contributed by atoms with Crippen molar-refractivity contribution in [2.24, 2.45) is 5.92 Å². The Hall–Kier alpha value is -1.35. The van der Waals surface area contributed by atoms with Gasteiger partial charge < -0.3 is 20.1 Å². The second kappa shape index (κ2) is 13.5. The van der Waals surface area contributed by atoms with Crippen LogP contribution in [0.25, 0.3) is 0 Å². The third-order valence-corrected chi connectivity index (χ3v) is 8.26. The lowest BCUT2D eigenvalue weighted by Crippen LogP contribution is -2.46. The average Bonchev–Trinajstić information content (AvgIpc) is 2.73. The van der Waals surface area contributed by atoms with E-state index in [-0.39, 0.29) is 6.04 Å². The van der Waals surface area contributed by atoms with Crippen LogP contribution in [0.3, 0.4) is 0 Å². The van der Waals surface area contributed by atoms with E-state index in [1.165, 1.54) is 0 Å². The third-order valence-electron chi connectivity index (χ3n) is 6.01. The van der Waals surface area contributed by atoms with E-state index in [0.717, 1.165) is 75.3 Å². The summed E-state index contributed by atoms with van der Waals surface area (Å²) in [6.07, 6.45) is 5.05. The molecular formula is C25H45N3O4S. The fourth-order valence-electron chi connectivity index (χ4n) is 3.99. The summed E-state index contributed by atoms with van der Waals surface area (Å²) >= 11 is 0. The number of rotatable bonds is 14. The number of sulfonamides is 1. The Bertz CT molecular complexity index is 776. The number of nitrogens with one attached hydrogen (secondary N) is 3. The van der Waals surface area contributed by atoms with E-state index in [1.54, 1.807) is 20.8 Å². The topological polar surface area (TPSA) is 88.7 Å². The molecule has 0 aliphatic heterocycles. The van der Waals surface area contributed by atoms with E-state index in [1.807, 2.05) is 19.9 Å². The smallest absolute Gasteiger partial charge is 0.216 e. The van der Waals surface area contributed by atoms with Crippen molar-refractivity contribution in [3.8, 4) is 11.5 Å². The van der Waals surface area contributed by atoms with Gasteiger partial charge in [0.25, 0.3) is 0 Å². The van der Waals surface area contributed by atoms with Gasteiger partial charge in [-0.2, -0.15) is 0 Å². The fraction of sp³-hybridized carbons (Fsp3) is 0.760. The van der Waals surface area contributed by atoms with E-state index in [4.69, 9.17) is 9.47 Å². The van der Waals surface area contributed by atoms with Gasteiger partial charge >= 0.3 is 0 Å². The van der Waals surface area contributed by atoms with E-state index in [2.05, 4.69) is 27.5 Å². The van der Waals surface area contributed by atoms with E-state index in [9.17, 15) is 8.42 Å². The first-order valence-corrected chi connectivity index (χ1v) is 14.0. The highest BCUT2D eigenvalue weighted by Gasteiger charge is 2.32. The molecule has 0 saturated heterocycles. The number of hydrogen-bond acceptors (Lipinski definition) is 6. The SMILES string of the molecule is CCOc1cc(CNCCCNCC2CCC(NS(=O)(=O)C(C)(C)C)CC2)cc(OCC)c1. The predicted molar refractivity (Wildman–Crippen MR) is 136 cm³/mol. The van der Waals surface area contributed by atoms with Gasteiger partial charge in [0, 0.05) is 18.7 Å². The molecule has 1 aromatic rings. The maximum absolute atomic E-state index is 12.3. The van der Waals surface area contributed by atoms with Gasteiger partial charge in [-0.3, -0.25) is 0 Å². The molecule has 0 radical (unpaired) electrons. The molecule has 8 heteroatoms. The third kappa shape index (κ3) is 9.81. The largest absolute Gasteiger partial charge is 0.494 e. The van der Waals surface area contributed by atoms with Crippen LogP contribution >= 0.6 is 0 Å². The Morgan fingerprint density at radius 1 is 0.909 bits per heavy atom. The van der Waals surface area contributed by atoms with Gasteiger partial charge in [0.15, 0.2) is 0 Å². The second-order valence-corrected chi connectivity index (χ2v) is 12.3. The Labute approximate surface area is 201 Å². The number of hydrogen-bond donors (Lipinski definition) is 3. The van der Waals surface area contributed by atoms with Crippen molar-refractivity contribution >= 4 is 10.0 Å². The van der Waals surface area contributed by atoms with Gasteiger partial charge in [-0.25, -0.2) is 13.1 Å². The lowest BCUT2D eigenvalue weighted by atomic mass is 9.86. The highest BCUT2D eigenvalue weighted by Crippen LogP contribution is 2.26. The molecule has 0 amide bonds. The van der Waals surface area contributed by atoms with Crippen LogP contribution < -0.4 is 24.8 Å². The average molecular weight is 484 g/mol. The summed E-state index contributed by atoms with van der Waals surface area (Å²) in [5.74, 6) is 2.33. The molecule has 1 aliphatic carbocycles. The first-order chi connectivity index (χ1) is 15.6. The first kappa shape index (κ1) is 27.9. The zero-order valence-electron chi connectivity index (χ0n) is 21.2. The van der Waals surface area contributed by atoms with Crippen molar-refractivity contribution < 1.29 is 17.9 Å². The van der Waals surface area contributed by atoms with Crippen LogP contribution in [0.15, 0.2) is 18.2 Å². The monoisotopic (exact) mass is 483 g/mol. The quantitative estimate of drug-likeness (QED) is 0.349. The summed E-state index contributed by atoms with van der Waals surface area (Å²) in [5, 5.41) is 7.08. The van der Waals surface area contributed by atoms with E-state index >= 15 is 0 Å². The van der Waals surface area contributed by atoms with Crippen molar-refractivity contribution in [2.75, 3.05) is 32.8 Å². The van der Waals surface area contributed by atoms with Gasteiger partial charge in [0.2, 0.25) is 10.0 Å². The van der Waals surface area contributed by atoms with Gasteiger partial charge in [-0.1, -0.05) is 0 Å². The molecule has 1 fully saturated rings. The molecule has 1 aliphatic rings. The zero-order chi connectivity index (χ0) is 24.3. The highest BCUT2D eigenvalue weighted by atomic mass is 32.2. The number of ether oxygens (including phenoxy) is 2. The van der Waals surface area contributed by atoms with Crippen LogP contribution in [0.5, 0.6) is 11.5 Å². The summed E-state index contributed by atoms with van der Waals surface area (Å²) in [6, 6.07) is 6.15. The van der Waals surface area contributed by atoms with Crippen LogP contribution in [0, 0.1) is 5.92 Å². The molecule has 0 spiro atoms. The molecule has 1 saturated carbocycles. The normalized spacial score (nSPS) is 19.4. The molecule has 33 heavy (non-hydrogen) atoms. The summed E-state index contributed by atoms with van der Waals surface area (Å²) < 4.78 is 38.1. The molecule has 0 heterocycles. The van der Waals surface area contributed by atoms with Crippen LogP contribution in [0.1, 0.15) is 72.3 Å². The van der Waals surface area contributed by atoms with Crippen molar-refractivity contribution in [1.82, 2.24) is 15.4 Å². The first-order valence-electron chi connectivity index (χ1n) is 12.5. The lowest BCUT2D eigenvalue weighted by Gasteiger charge is -2.31. The van der Waals surface area contributed by atoms with Crippen LogP contribution in [0.4, 0.5) is 0 Å². The van der Waals surface area contributed by atoms with E-state index < -0.39 is 14.8 Å². The van der Waals surface area contributed by atoms with Crippen molar-refractivity contribution in [2.45, 2.75) is 84.1 Å². The molecular weight excluding hydrogens is 438 g/mol. The van der Waals surface area contributed by atoms with Crippen molar-refractivity contribution in [3.63, 3.8) is 0 Å². The van der Waals surface area contributed by atoms with Gasteiger partial charge in [0.1, 0.15) is 11.5 Å².